The van der Waals surface area contributed by atoms with Crippen LogP contribution in [0.15, 0.2) is 18.3 Å². The van der Waals surface area contributed by atoms with Gasteiger partial charge in [0.15, 0.2) is 0 Å². The normalized spacial score (nSPS) is 12.2. The van der Waals surface area contributed by atoms with Gasteiger partial charge in [0, 0.05) is 26.0 Å². The number of nitrogens with zero attached hydrogens (tertiary/aromatic N) is 2. The van der Waals surface area contributed by atoms with Crippen molar-refractivity contribution >= 4 is 5.91 Å². The van der Waals surface area contributed by atoms with Crippen LogP contribution in [0.4, 0.5) is 0 Å². The molecule has 1 atom stereocenters. The van der Waals surface area contributed by atoms with Crippen molar-refractivity contribution < 1.29 is 9.53 Å². The molecule has 0 aliphatic heterocycles. The monoisotopic (exact) mass is 236 g/mol. The van der Waals surface area contributed by atoms with Crippen LogP contribution < -0.4 is 0 Å². The van der Waals surface area contributed by atoms with E-state index in [4.69, 9.17) is 4.74 Å². The molecule has 0 aromatic carbocycles. The van der Waals surface area contributed by atoms with Crippen molar-refractivity contribution in [3.05, 3.63) is 29.6 Å². The molecule has 0 radical (unpaired) electrons. The summed E-state index contributed by atoms with van der Waals surface area (Å²) in [6, 6.07) is 3.95. The fraction of sp³-hybridized carbons (Fsp3) is 0.538. The molecule has 94 valence electrons. The first-order valence-corrected chi connectivity index (χ1v) is 5.70. The zero-order chi connectivity index (χ0) is 12.8. The van der Waals surface area contributed by atoms with E-state index < -0.39 is 0 Å². The molecule has 1 aromatic heterocycles. The Morgan fingerprint density at radius 2 is 2.24 bits per heavy atom. The maximum atomic E-state index is 12.0. The number of ether oxygens (including phenoxy) is 1. The quantitative estimate of drug-likeness (QED) is 0.776. The molecular weight excluding hydrogens is 216 g/mol. The van der Waals surface area contributed by atoms with Crippen molar-refractivity contribution in [2.45, 2.75) is 26.3 Å². The summed E-state index contributed by atoms with van der Waals surface area (Å²) in [5.41, 5.74) is 1.90. The molecule has 0 fully saturated rings. The summed E-state index contributed by atoms with van der Waals surface area (Å²) < 4.78 is 5.03. The predicted octanol–water partition coefficient (Wildman–Crippen LogP) is 1.43. The van der Waals surface area contributed by atoms with E-state index in [2.05, 4.69) is 4.98 Å². The highest BCUT2D eigenvalue weighted by Gasteiger charge is 2.15. The highest BCUT2D eigenvalue weighted by molar-refractivity contribution is 5.78. The lowest BCUT2D eigenvalue weighted by Crippen LogP contribution is -2.38. The molecule has 0 N–H and O–H groups in total. The van der Waals surface area contributed by atoms with Gasteiger partial charge in [0.05, 0.1) is 19.1 Å². The minimum absolute atomic E-state index is 0.0835. The van der Waals surface area contributed by atoms with Gasteiger partial charge in [0.2, 0.25) is 5.91 Å². The maximum absolute atomic E-state index is 12.0. The smallest absolute Gasteiger partial charge is 0.227 e. The fourth-order valence-corrected chi connectivity index (χ4v) is 1.50. The number of carbonyl (C=O) groups excluding carboxylic acids is 1. The molecule has 0 unspecified atom stereocenters. The van der Waals surface area contributed by atoms with Crippen LogP contribution in [0.5, 0.6) is 0 Å². The number of hydrogen-bond donors (Lipinski definition) is 0. The number of pyridine rings is 1. The molecule has 0 spiro atoms. The molecular formula is C13H20N2O2. The topological polar surface area (TPSA) is 42.4 Å². The second-order valence-electron chi connectivity index (χ2n) is 4.29. The fourth-order valence-electron chi connectivity index (χ4n) is 1.50. The summed E-state index contributed by atoms with van der Waals surface area (Å²) in [7, 11) is 3.44. The molecule has 0 bridgehead atoms. The average Bonchev–Trinajstić information content (AvgIpc) is 2.31. The lowest BCUT2D eigenvalue weighted by Gasteiger charge is -2.24. The van der Waals surface area contributed by atoms with Gasteiger partial charge >= 0.3 is 0 Å². The summed E-state index contributed by atoms with van der Waals surface area (Å²) in [6.45, 7) is 4.45. The Balaban J connectivity index is 2.56. The molecule has 1 amide bonds. The molecule has 4 heteroatoms. The van der Waals surface area contributed by atoms with Gasteiger partial charge in [-0.1, -0.05) is 6.07 Å². The first kappa shape index (κ1) is 13.6. The van der Waals surface area contributed by atoms with E-state index in [-0.39, 0.29) is 11.9 Å². The number of aryl methyl sites for hydroxylation is 1. The van der Waals surface area contributed by atoms with E-state index in [1.807, 2.05) is 26.0 Å². The summed E-state index contributed by atoms with van der Waals surface area (Å²) in [4.78, 5) is 17.8. The van der Waals surface area contributed by atoms with E-state index >= 15 is 0 Å². The molecule has 1 rings (SSSR count). The molecule has 4 nitrogen and oxygen atoms in total. The van der Waals surface area contributed by atoms with Crippen LogP contribution in [-0.4, -0.2) is 42.6 Å². The second-order valence-corrected chi connectivity index (χ2v) is 4.29. The van der Waals surface area contributed by atoms with Gasteiger partial charge in [0.1, 0.15) is 0 Å². The van der Waals surface area contributed by atoms with Gasteiger partial charge in [0.25, 0.3) is 0 Å². The van der Waals surface area contributed by atoms with Crippen molar-refractivity contribution in [3.63, 3.8) is 0 Å². The summed E-state index contributed by atoms with van der Waals surface area (Å²) >= 11 is 0. The van der Waals surface area contributed by atoms with Gasteiger partial charge < -0.3 is 9.64 Å². The standard InChI is InChI=1S/C13H20N2O2/c1-10-5-6-12(8-14-10)7-13(16)15(3)11(2)9-17-4/h5-6,8,11H,7,9H2,1-4H3/t11-/m0/s1. The summed E-state index contributed by atoms with van der Waals surface area (Å²) in [5.74, 6) is 0.0835. The van der Waals surface area contributed by atoms with Gasteiger partial charge in [-0.15, -0.1) is 0 Å². The lowest BCUT2D eigenvalue weighted by atomic mass is 10.1. The maximum Gasteiger partial charge on any atom is 0.227 e. The van der Waals surface area contributed by atoms with Crippen molar-refractivity contribution in [1.82, 2.24) is 9.88 Å². The number of aromatic nitrogens is 1. The highest BCUT2D eigenvalue weighted by Crippen LogP contribution is 2.05. The SMILES string of the molecule is COC[C@H](C)N(C)C(=O)Cc1ccc(C)nc1. The van der Waals surface area contributed by atoms with Crippen molar-refractivity contribution in [2.75, 3.05) is 20.8 Å². The Kier molecular flexibility index (Phi) is 5.10. The minimum Gasteiger partial charge on any atom is -0.383 e. The molecule has 1 aromatic rings. The zero-order valence-corrected chi connectivity index (χ0v) is 10.9. The lowest BCUT2D eigenvalue weighted by molar-refractivity contribution is -0.131. The average molecular weight is 236 g/mol. The molecule has 1 heterocycles. The van der Waals surface area contributed by atoms with Crippen LogP contribution in [0.1, 0.15) is 18.2 Å². The third kappa shape index (κ3) is 4.15. The Labute approximate surface area is 103 Å². The second kappa shape index (κ2) is 6.35. The summed E-state index contributed by atoms with van der Waals surface area (Å²) in [6.07, 6.45) is 2.14. The van der Waals surface area contributed by atoms with Gasteiger partial charge in [-0.2, -0.15) is 0 Å². The molecule has 0 saturated carbocycles. The summed E-state index contributed by atoms with van der Waals surface area (Å²) in [5, 5.41) is 0. The number of rotatable bonds is 5. The van der Waals surface area contributed by atoms with Crippen LogP contribution >= 0.6 is 0 Å². The van der Waals surface area contributed by atoms with E-state index in [1.165, 1.54) is 0 Å². The molecule has 0 aliphatic rings. The van der Waals surface area contributed by atoms with Crippen molar-refractivity contribution in [3.8, 4) is 0 Å². The Hall–Kier alpha value is -1.42. The Bertz CT molecular complexity index is 362. The van der Waals surface area contributed by atoms with Crippen LogP contribution in [-0.2, 0) is 16.0 Å². The van der Waals surface area contributed by atoms with Gasteiger partial charge in [-0.05, 0) is 25.5 Å². The number of hydrogen-bond acceptors (Lipinski definition) is 3. The van der Waals surface area contributed by atoms with E-state index in [0.29, 0.717) is 13.0 Å². The van der Waals surface area contributed by atoms with Gasteiger partial charge in [-0.3, -0.25) is 9.78 Å². The van der Waals surface area contributed by atoms with Gasteiger partial charge in [-0.25, -0.2) is 0 Å². The van der Waals surface area contributed by atoms with E-state index in [9.17, 15) is 4.79 Å². The number of carbonyl (C=O) groups is 1. The molecule has 0 saturated heterocycles. The zero-order valence-electron chi connectivity index (χ0n) is 10.9. The third-order valence-electron chi connectivity index (χ3n) is 2.79. The van der Waals surface area contributed by atoms with Crippen LogP contribution in [0, 0.1) is 6.92 Å². The Morgan fingerprint density at radius 3 is 2.76 bits per heavy atom. The van der Waals surface area contributed by atoms with Crippen molar-refractivity contribution in [1.29, 1.82) is 0 Å². The third-order valence-corrected chi connectivity index (χ3v) is 2.79. The Morgan fingerprint density at radius 1 is 1.53 bits per heavy atom. The highest BCUT2D eigenvalue weighted by atomic mass is 16.5. The van der Waals surface area contributed by atoms with E-state index in [0.717, 1.165) is 11.3 Å². The predicted molar refractivity (Wildman–Crippen MR) is 66.8 cm³/mol. The number of amides is 1. The van der Waals surface area contributed by atoms with Crippen molar-refractivity contribution in [2.24, 2.45) is 0 Å². The van der Waals surface area contributed by atoms with Crippen LogP contribution in [0.25, 0.3) is 0 Å². The number of likely N-dealkylation sites (N-methyl/N-ethyl adjacent to an activating group) is 1. The molecule has 0 aliphatic carbocycles. The first-order chi connectivity index (χ1) is 8.04. The molecule has 17 heavy (non-hydrogen) atoms. The largest absolute Gasteiger partial charge is 0.383 e. The number of methoxy groups -OCH3 is 1. The minimum atomic E-state index is 0.0835. The van der Waals surface area contributed by atoms with E-state index in [1.54, 1.807) is 25.3 Å². The van der Waals surface area contributed by atoms with Crippen LogP contribution in [0.3, 0.4) is 0 Å². The van der Waals surface area contributed by atoms with Crippen LogP contribution in [0.2, 0.25) is 0 Å². The first-order valence-electron chi connectivity index (χ1n) is 5.70.